The lowest BCUT2D eigenvalue weighted by molar-refractivity contribution is -0.139. The molecule has 2 aromatic carbocycles. The van der Waals surface area contributed by atoms with E-state index in [0.29, 0.717) is 22.1 Å². The van der Waals surface area contributed by atoms with Crippen molar-refractivity contribution < 1.29 is 44.9 Å². The van der Waals surface area contributed by atoms with Gasteiger partial charge in [0.05, 0.1) is 4.88 Å². The van der Waals surface area contributed by atoms with Gasteiger partial charge < -0.3 is 14.6 Å². The van der Waals surface area contributed by atoms with E-state index in [2.05, 4.69) is 19.5 Å². The molecule has 1 atom stereocenters. The van der Waals surface area contributed by atoms with E-state index in [1.165, 1.54) is 23.7 Å². The first-order valence-corrected chi connectivity index (χ1v) is 15.0. The Morgan fingerprint density at radius 3 is 2.14 bits per heavy atom. The number of thiophene rings is 1. The second kappa shape index (κ2) is 12.3. The number of halogens is 4. The van der Waals surface area contributed by atoms with Crippen molar-refractivity contribution in [1.82, 2.24) is 15.3 Å². The smallest absolute Gasteiger partial charge is 0.480 e. The van der Waals surface area contributed by atoms with Gasteiger partial charge in [-0.2, -0.15) is 21.6 Å². The molecule has 232 valence electrons. The number of hydrogen-bond acceptors (Lipinski definition) is 8. The second-order valence-corrected chi connectivity index (χ2v) is 13.2. The quantitative estimate of drug-likeness (QED) is 0.129. The summed E-state index contributed by atoms with van der Waals surface area (Å²) in [5.41, 5.74) is -4.59. The third-order valence-corrected chi connectivity index (χ3v) is 8.71. The van der Waals surface area contributed by atoms with Gasteiger partial charge in [0.25, 0.3) is 5.91 Å². The lowest BCUT2D eigenvalue weighted by atomic mass is 9.95. The average molecular weight is 652 g/mol. The van der Waals surface area contributed by atoms with Crippen molar-refractivity contribution in [1.29, 1.82) is 0 Å². The summed E-state index contributed by atoms with van der Waals surface area (Å²) in [4.78, 5) is 34.4. The number of benzene rings is 2. The van der Waals surface area contributed by atoms with Gasteiger partial charge in [0, 0.05) is 46.4 Å². The summed E-state index contributed by atoms with van der Waals surface area (Å²) in [6, 6.07) is 11.3. The van der Waals surface area contributed by atoms with E-state index in [1.807, 2.05) is 26.8 Å². The Labute approximate surface area is 253 Å². The molecule has 2 aromatic heterocycles. The van der Waals surface area contributed by atoms with Crippen molar-refractivity contribution in [3.63, 3.8) is 0 Å². The van der Waals surface area contributed by atoms with Gasteiger partial charge in [0.15, 0.2) is 5.82 Å². The summed E-state index contributed by atoms with van der Waals surface area (Å²) in [6.45, 7) is 6.05. The lowest BCUT2D eigenvalue weighted by Gasteiger charge is -2.16. The summed E-state index contributed by atoms with van der Waals surface area (Å²) < 4.78 is 78.4. The minimum Gasteiger partial charge on any atom is -0.480 e. The van der Waals surface area contributed by atoms with E-state index in [9.17, 15) is 40.7 Å². The zero-order chi connectivity index (χ0) is 32.4. The number of nitrogens with zero attached hydrogens (tertiary/aromatic N) is 2. The van der Waals surface area contributed by atoms with Crippen LogP contribution < -0.4 is 9.50 Å². The van der Waals surface area contributed by atoms with Crippen molar-refractivity contribution in [2.24, 2.45) is 0 Å². The lowest BCUT2D eigenvalue weighted by Crippen LogP contribution is -2.42. The summed E-state index contributed by atoms with van der Waals surface area (Å²) in [5.74, 6) is -3.34. The molecule has 15 heteroatoms. The zero-order valence-electron chi connectivity index (χ0n) is 23.3. The fourth-order valence-electron chi connectivity index (χ4n) is 3.89. The summed E-state index contributed by atoms with van der Waals surface area (Å²) >= 11 is 1.31. The highest BCUT2D eigenvalue weighted by atomic mass is 32.2. The minimum absolute atomic E-state index is 0.0158. The molecule has 0 aliphatic rings. The Balaban J connectivity index is 1.43. The number of alkyl halides is 3. The molecule has 1 amide bonds. The normalized spacial score (nSPS) is 12.9. The van der Waals surface area contributed by atoms with Crippen LogP contribution in [0.15, 0.2) is 67.0 Å². The highest BCUT2D eigenvalue weighted by molar-refractivity contribution is 7.88. The topological polar surface area (TPSA) is 136 Å². The van der Waals surface area contributed by atoms with Crippen molar-refractivity contribution in [3.05, 3.63) is 88.1 Å². The zero-order valence-corrected chi connectivity index (χ0v) is 25.0. The molecule has 0 fully saturated rings. The summed E-state index contributed by atoms with van der Waals surface area (Å²) in [5, 5.41) is 12.3. The molecule has 2 N–H and O–H groups in total. The van der Waals surface area contributed by atoms with Crippen LogP contribution in [-0.4, -0.2) is 46.9 Å². The average Bonchev–Trinajstić information content (AvgIpc) is 3.44. The standard InChI is InChI=1S/C29H25F4N3O6S2/c1-28(2,3)24-11-10-23(43-24)26(37)36-22(27(38)39)12-16-4-6-17(7-5-16)25-34-14-18(15-35-25)20-9-8-19(13-21(20)30)42-44(40,41)29(31,32)33/h4-11,13-15,22H,12H2,1-3H3,(H,36,37)(H,38,39)/t22-/m0/s1. The predicted molar refractivity (Wildman–Crippen MR) is 154 cm³/mol. The van der Waals surface area contributed by atoms with Crippen LogP contribution in [-0.2, 0) is 26.7 Å². The number of rotatable bonds is 9. The maximum atomic E-state index is 14.6. The van der Waals surface area contributed by atoms with Gasteiger partial charge in [-0.05, 0) is 35.2 Å². The molecule has 0 spiro atoms. The molecular weight excluding hydrogens is 626 g/mol. The van der Waals surface area contributed by atoms with E-state index >= 15 is 0 Å². The summed E-state index contributed by atoms with van der Waals surface area (Å²) in [6.07, 6.45) is 2.56. The molecule has 0 aliphatic heterocycles. The van der Waals surface area contributed by atoms with Gasteiger partial charge in [0.1, 0.15) is 17.6 Å². The number of carbonyl (C=O) groups excluding carboxylic acids is 1. The number of hydrogen-bond donors (Lipinski definition) is 2. The number of carboxylic acids is 1. The molecule has 0 saturated carbocycles. The first-order valence-electron chi connectivity index (χ1n) is 12.8. The largest absolute Gasteiger partial charge is 0.534 e. The molecule has 4 aromatic rings. The third kappa shape index (κ3) is 7.58. The minimum atomic E-state index is -5.95. The molecule has 9 nitrogen and oxygen atoms in total. The van der Waals surface area contributed by atoms with Crippen LogP contribution in [0.25, 0.3) is 22.5 Å². The molecule has 0 bridgehead atoms. The van der Waals surface area contributed by atoms with E-state index in [4.69, 9.17) is 0 Å². The van der Waals surface area contributed by atoms with Gasteiger partial charge in [-0.15, -0.1) is 11.3 Å². The Kier molecular flexibility index (Phi) is 9.11. The molecule has 4 rings (SSSR count). The number of carboxylic acid groups (broad SMARTS) is 1. The predicted octanol–water partition coefficient (Wildman–Crippen LogP) is 5.96. The van der Waals surface area contributed by atoms with E-state index in [-0.39, 0.29) is 28.8 Å². The number of aliphatic carboxylic acids is 1. The van der Waals surface area contributed by atoms with E-state index in [1.54, 1.807) is 30.3 Å². The Morgan fingerprint density at radius 1 is 0.977 bits per heavy atom. The summed E-state index contributed by atoms with van der Waals surface area (Å²) in [7, 11) is -5.95. The number of nitrogens with one attached hydrogen (secondary N) is 1. The highest BCUT2D eigenvalue weighted by Crippen LogP contribution is 2.31. The molecular formula is C29H25F4N3O6S2. The molecule has 0 radical (unpaired) electrons. The number of amides is 1. The van der Waals surface area contributed by atoms with Gasteiger partial charge in [-0.25, -0.2) is 19.2 Å². The van der Waals surface area contributed by atoms with E-state index < -0.39 is 45.1 Å². The second-order valence-electron chi connectivity index (χ2n) is 10.6. The molecule has 0 unspecified atom stereocenters. The Morgan fingerprint density at radius 2 is 1.61 bits per heavy atom. The van der Waals surface area contributed by atoms with Gasteiger partial charge in [0.2, 0.25) is 0 Å². The monoisotopic (exact) mass is 651 g/mol. The maximum absolute atomic E-state index is 14.6. The number of aromatic nitrogens is 2. The van der Waals surface area contributed by atoms with Gasteiger partial charge in [-0.1, -0.05) is 45.0 Å². The highest BCUT2D eigenvalue weighted by Gasteiger charge is 2.48. The Hall–Kier alpha value is -4.37. The van der Waals surface area contributed by atoms with Crippen molar-refractivity contribution in [3.8, 4) is 28.3 Å². The molecule has 0 aliphatic carbocycles. The first-order chi connectivity index (χ1) is 20.4. The van der Waals surface area contributed by atoms with Crippen LogP contribution in [0.4, 0.5) is 17.6 Å². The molecule has 2 heterocycles. The van der Waals surface area contributed by atoms with Crippen molar-refractivity contribution >= 4 is 33.3 Å². The van der Waals surface area contributed by atoms with Crippen molar-refractivity contribution in [2.75, 3.05) is 0 Å². The third-order valence-electron chi connectivity index (χ3n) is 6.22. The van der Waals surface area contributed by atoms with Crippen molar-refractivity contribution in [2.45, 2.75) is 44.2 Å². The van der Waals surface area contributed by atoms with Crippen LogP contribution >= 0.6 is 11.3 Å². The first kappa shape index (κ1) is 32.5. The van der Waals surface area contributed by atoms with Crippen LogP contribution in [0.2, 0.25) is 0 Å². The molecule has 0 saturated heterocycles. The SMILES string of the molecule is CC(C)(C)c1ccc(C(=O)N[C@@H](Cc2ccc(-c3ncc(-c4ccc(OS(=O)(=O)C(F)(F)F)cc4F)cn3)cc2)C(=O)O)s1. The van der Waals surface area contributed by atoms with Crippen LogP contribution in [0.3, 0.4) is 0 Å². The van der Waals surface area contributed by atoms with Crippen LogP contribution in [0.1, 0.15) is 40.9 Å². The van der Waals surface area contributed by atoms with E-state index in [0.717, 1.165) is 17.0 Å². The van der Waals surface area contributed by atoms with Gasteiger partial charge >= 0.3 is 21.6 Å². The molecule has 44 heavy (non-hydrogen) atoms. The fraction of sp³-hybridized carbons (Fsp3) is 0.241. The maximum Gasteiger partial charge on any atom is 0.534 e. The fourth-order valence-corrected chi connectivity index (χ4v) is 5.31. The number of carbonyl (C=O) groups is 2. The van der Waals surface area contributed by atoms with Gasteiger partial charge in [-0.3, -0.25) is 4.79 Å². The Bertz CT molecular complexity index is 1780. The van der Waals surface area contributed by atoms with Crippen LogP contribution in [0.5, 0.6) is 5.75 Å². The van der Waals surface area contributed by atoms with Crippen LogP contribution in [0, 0.1) is 5.82 Å².